The van der Waals surface area contributed by atoms with Crippen molar-refractivity contribution < 1.29 is 23.9 Å². The van der Waals surface area contributed by atoms with Crippen molar-refractivity contribution in [2.24, 2.45) is 5.92 Å². The summed E-state index contributed by atoms with van der Waals surface area (Å²) >= 11 is 0. The van der Waals surface area contributed by atoms with Gasteiger partial charge in [-0.25, -0.2) is 4.79 Å². The number of nitrogens with zero attached hydrogens (tertiary/aromatic N) is 2. The van der Waals surface area contributed by atoms with Gasteiger partial charge in [-0.05, 0) is 68.8 Å². The number of ether oxygens (including phenoxy) is 2. The molecule has 3 saturated heterocycles. The van der Waals surface area contributed by atoms with E-state index >= 15 is 0 Å². The highest BCUT2D eigenvalue weighted by Crippen LogP contribution is 2.31. The zero-order valence-electron chi connectivity index (χ0n) is 20.2. The molecule has 0 spiro atoms. The predicted molar refractivity (Wildman–Crippen MR) is 127 cm³/mol. The first kappa shape index (κ1) is 24.3. The van der Waals surface area contributed by atoms with Crippen LogP contribution < -0.4 is 20.1 Å². The minimum Gasteiger partial charge on any atom is -0.493 e. The summed E-state index contributed by atoms with van der Waals surface area (Å²) in [5, 5.41) is 5.80. The van der Waals surface area contributed by atoms with Gasteiger partial charge in [0.05, 0.1) is 20.8 Å². The molecule has 3 heterocycles. The van der Waals surface area contributed by atoms with Crippen LogP contribution in [0.1, 0.15) is 50.5 Å². The molecule has 9 nitrogen and oxygen atoms in total. The van der Waals surface area contributed by atoms with E-state index in [0.717, 1.165) is 12.0 Å². The van der Waals surface area contributed by atoms with Crippen molar-refractivity contribution in [3.63, 3.8) is 0 Å². The number of imide groups is 1. The van der Waals surface area contributed by atoms with Gasteiger partial charge in [0.15, 0.2) is 11.5 Å². The van der Waals surface area contributed by atoms with Gasteiger partial charge < -0.3 is 25.0 Å². The second-order valence-electron chi connectivity index (χ2n) is 9.46. The summed E-state index contributed by atoms with van der Waals surface area (Å²) < 4.78 is 10.5. The standard InChI is InChI=1S/C25H36N4O5/c1-33-21-10-8-17(14-22(21)34-2)16-29-24(31)19(27-25(29)32)9-11-23(30)26-15-18-6-5-13-28-12-4-3-7-20(18)28/h8,10,14,18-20H,3-7,9,11-13,15-16H2,1-2H3,(H,26,30)(H,27,32)/t18-,19-,20+/m0/s1. The first-order valence-electron chi connectivity index (χ1n) is 12.3. The van der Waals surface area contributed by atoms with E-state index in [-0.39, 0.29) is 24.8 Å². The van der Waals surface area contributed by atoms with Crippen LogP contribution in [-0.4, -0.2) is 73.6 Å². The van der Waals surface area contributed by atoms with Crippen molar-refractivity contribution in [3.8, 4) is 11.5 Å². The zero-order chi connectivity index (χ0) is 24.1. The molecule has 3 aliphatic heterocycles. The van der Waals surface area contributed by atoms with Crippen LogP contribution in [0.3, 0.4) is 0 Å². The number of urea groups is 1. The lowest BCUT2D eigenvalue weighted by atomic mass is 9.83. The molecule has 3 aliphatic rings. The maximum Gasteiger partial charge on any atom is 0.325 e. The summed E-state index contributed by atoms with van der Waals surface area (Å²) in [6, 6.07) is 4.75. The van der Waals surface area contributed by atoms with Crippen LogP contribution in [0, 0.1) is 5.92 Å². The van der Waals surface area contributed by atoms with Crippen LogP contribution in [-0.2, 0) is 16.1 Å². The van der Waals surface area contributed by atoms with E-state index in [1.165, 1.54) is 50.8 Å². The summed E-state index contributed by atoms with van der Waals surface area (Å²) in [4.78, 5) is 41.5. The van der Waals surface area contributed by atoms with Gasteiger partial charge in [0, 0.05) is 19.0 Å². The van der Waals surface area contributed by atoms with Gasteiger partial charge >= 0.3 is 6.03 Å². The molecule has 3 atom stereocenters. The molecular formula is C25H36N4O5. The molecule has 1 aromatic carbocycles. The van der Waals surface area contributed by atoms with Gasteiger partial charge in [-0.15, -0.1) is 0 Å². The Bertz CT molecular complexity index is 905. The molecule has 0 radical (unpaired) electrons. The highest BCUT2D eigenvalue weighted by molar-refractivity contribution is 6.04. The average molecular weight is 473 g/mol. The topological polar surface area (TPSA) is 100 Å². The van der Waals surface area contributed by atoms with Gasteiger partial charge in [-0.2, -0.15) is 0 Å². The van der Waals surface area contributed by atoms with Crippen LogP contribution >= 0.6 is 0 Å². The summed E-state index contributed by atoms with van der Waals surface area (Å²) in [6.07, 6.45) is 6.62. The Morgan fingerprint density at radius 3 is 2.68 bits per heavy atom. The van der Waals surface area contributed by atoms with Crippen LogP contribution in [0.4, 0.5) is 4.79 Å². The second-order valence-corrected chi connectivity index (χ2v) is 9.46. The third-order valence-electron chi connectivity index (χ3n) is 7.35. The Morgan fingerprint density at radius 1 is 1.09 bits per heavy atom. The molecule has 0 bridgehead atoms. The number of benzene rings is 1. The van der Waals surface area contributed by atoms with Gasteiger partial charge in [0.25, 0.3) is 5.91 Å². The van der Waals surface area contributed by atoms with Gasteiger partial charge in [-0.1, -0.05) is 12.5 Å². The monoisotopic (exact) mass is 472 g/mol. The number of hydrogen-bond donors (Lipinski definition) is 2. The molecular weight excluding hydrogens is 436 g/mol. The van der Waals surface area contributed by atoms with Crippen molar-refractivity contribution in [1.29, 1.82) is 0 Å². The lowest BCUT2D eigenvalue weighted by Gasteiger charge is -2.44. The molecule has 1 aromatic rings. The molecule has 0 aromatic heterocycles. The minimum atomic E-state index is -0.679. The molecule has 4 amide bonds. The number of methoxy groups -OCH3 is 2. The maximum absolute atomic E-state index is 12.8. The third kappa shape index (κ3) is 5.46. The molecule has 0 unspecified atom stereocenters. The lowest BCUT2D eigenvalue weighted by molar-refractivity contribution is -0.128. The predicted octanol–water partition coefficient (Wildman–Crippen LogP) is 2.29. The van der Waals surface area contributed by atoms with Crippen LogP contribution in [0.5, 0.6) is 11.5 Å². The summed E-state index contributed by atoms with van der Waals surface area (Å²) in [5.41, 5.74) is 0.754. The molecule has 34 heavy (non-hydrogen) atoms. The highest BCUT2D eigenvalue weighted by atomic mass is 16.5. The Morgan fingerprint density at radius 2 is 1.88 bits per heavy atom. The van der Waals surface area contributed by atoms with Crippen LogP contribution in [0.15, 0.2) is 18.2 Å². The van der Waals surface area contributed by atoms with Crippen molar-refractivity contribution in [3.05, 3.63) is 23.8 Å². The van der Waals surface area contributed by atoms with Crippen molar-refractivity contribution in [2.45, 2.75) is 63.6 Å². The molecule has 4 rings (SSSR count). The molecule has 186 valence electrons. The summed E-state index contributed by atoms with van der Waals surface area (Å²) in [5.74, 6) is 1.25. The highest BCUT2D eigenvalue weighted by Gasteiger charge is 2.38. The third-order valence-corrected chi connectivity index (χ3v) is 7.35. The largest absolute Gasteiger partial charge is 0.493 e. The van der Waals surface area contributed by atoms with E-state index in [9.17, 15) is 14.4 Å². The zero-order valence-corrected chi connectivity index (χ0v) is 20.2. The van der Waals surface area contributed by atoms with Crippen molar-refractivity contribution in [1.82, 2.24) is 20.4 Å². The fourth-order valence-electron chi connectivity index (χ4n) is 5.51. The number of nitrogens with one attached hydrogen (secondary N) is 2. The van der Waals surface area contributed by atoms with E-state index in [1.807, 2.05) is 0 Å². The average Bonchev–Trinajstić information content (AvgIpc) is 3.13. The fourth-order valence-corrected chi connectivity index (χ4v) is 5.51. The SMILES string of the molecule is COc1ccc(CN2C(=O)N[C@@H](CCC(=O)NC[C@@H]3CCCN4CCCC[C@H]34)C2=O)cc1OC. The number of amides is 4. The van der Waals surface area contributed by atoms with Gasteiger partial charge in [0.2, 0.25) is 5.91 Å². The molecule has 0 saturated carbocycles. The van der Waals surface area contributed by atoms with Crippen molar-refractivity contribution in [2.75, 3.05) is 33.9 Å². The van der Waals surface area contributed by atoms with Gasteiger partial charge in [-0.3, -0.25) is 14.5 Å². The first-order valence-corrected chi connectivity index (χ1v) is 12.3. The minimum absolute atomic E-state index is 0.0617. The molecule has 0 aliphatic carbocycles. The Balaban J connectivity index is 1.25. The summed E-state index contributed by atoms with van der Waals surface area (Å²) in [6.45, 7) is 3.18. The van der Waals surface area contributed by atoms with Gasteiger partial charge in [0.1, 0.15) is 6.04 Å². The van der Waals surface area contributed by atoms with E-state index in [1.54, 1.807) is 25.3 Å². The molecule has 3 fully saturated rings. The molecule has 9 heteroatoms. The van der Waals surface area contributed by atoms with E-state index in [0.29, 0.717) is 36.4 Å². The Kier molecular flexibility index (Phi) is 7.92. The number of carbonyl (C=O) groups excluding carboxylic acids is 3. The number of hydrogen-bond acceptors (Lipinski definition) is 6. The second kappa shape index (κ2) is 11.1. The first-order chi connectivity index (χ1) is 16.5. The van der Waals surface area contributed by atoms with Crippen molar-refractivity contribution >= 4 is 17.8 Å². The number of piperidine rings is 2. The fraction of sp³-hybridized carbons (Fsp3) is 0.640. The molecule has 2 N–H and O–H groups in total. The number of carbonyl (C=O) groups is 3. The van der Waals surface area contributed by atoms with E-state index < -0.39 is 12.1 Å². The number of rotatable bonds is 9. The quantitative estimate of drug-likeness (QED) is 0.535. The van der Waals surface area contributed by atoms with Crippen LogP contribution in [0.2, 0.25) is 0 Å². The van der Waals surface area contributed by atoms with E-state index in [2.05, 4.69) is 15.5 Å². The van der Waals surface area contributed by atoms with Crippen LogP contribution in [0.25, 0.3) is 0 Å². The number of fused-ring (bicyclic) bond motifs is 1. The van der Waals surface area contributed by atoms with E-state index in [4.69, 9.17) is 9.47 Å². The Labute approximate surface area is 201 Å². The maximum atomic E-state index is 12.8. The smallest absolute Gasteiger partial charge is 0.325 e. The Hall–Kier alpha value is -2.81. The summed E-state index contributed by atoms with van der Waals surface area (Å²) in [7, 11) is 3.09. The lowest BCUT2D eigenvalue weighted by Crippen LogP contribution is -2.51. The normalized spacial score (nSPS) is 25.0.